The van der Waals surface area contributed by atoms with Crippen LogP contribution in [0.15, 0.2) is 30.3 Å². The molecule has 1 fully saturated rings. The van der Waals surface area contributed by atoms with Crippen LogP contribution in [0.25, 0.3) is 6.08 Å². The second kappa shape index (κ2) is 8.46. The van der Waals surface area contributed by atoms with Crippen LogP contribution in [0.1, 0.15) is 34.1 Å². The van der Waals surface area contributed by atoms with E-state index in [-0.39, 0.29) is 28.3 Å². The fourth-order valence-corrected chi connectivity index (χ4v) is 5.05. The molecule has 29 heavy (non-hydrogen) atoms. The van der Waals surface area contributed by atoms with Crippen LogP contribution in [0.2, 0.25) is 5.15 Å². The summed E-state index contributed by atoms with van der Waals surface area (Å²) in [7, 11) is -3.09. The third kappa shape index (κ3) is 5.10. The predicted octanol–water partition coefficient (Wildman–Crippen LogP) is 2.78. The lowest BCUT2D eigenvalue weighted by Crippen LogP contribution is -2.12. The van der Waals surface area contributed by atoms with Crippen LogP contribution < -0.4 is 0 Å². The summed E-state index contributed by atoms with van der Waals surface area (Å²) in [6.45, 7) is 1.20. The van der Waals surface area contributed by atoms with Crippen molar-refractivity contribution in [3.05, 3.63) is 58.1 Å². The minimum Gasteiger partial charge on any atom is -0.454 e. The highest BCUT2D eigenvalue weighted by molar-refractivity contribution is 7.91. The van der Waals surface area contributed by atoms with Crippen LogP contribution in [0, 0.1) is 12.7 Å². The number of benzene rings is 1. The zero-order valence-corrected chi connectivity index (χ0v) is 17.0. The summed E-state index contributed by atoms with van der Waals surface area (Å²) in [5.74, 6) is -1.62. The van der Waals surface area contributed by atoms with Gasteiger partial charge in [0, 0.05) is 17.2 Å². The van der Waals surface area contributed by atoms with Crippen LogP contribution in [0.5, 0.6) is 0 Å². The molecule has 3 rings (SSSR count). The average Bonchev–Trinajstić information content (AvgIpc) is 3.17. The first-order valence-corrected chi connectivity index (χ1v) is 10.9. The Bertz CT molecular complexity index is 1080. The van der Waals surface area contributed by atoms with E-state index in [1.165, 1.54) is 22.9 Å². The van der Waals surface area contributed by atoms with Crippen molar-refractivity contribution in [2.45, 2.75) is 19.4 Å². The molecule has 10 heteroatoms. The molecule has 0 spiro atoms. The molecule has 2 heterocycles. The maximum atomic E-state index is 12.9. The number of ketones is 1. The summed E-state index contributed by atoms with van der Waals surface area (Å²) < 4.78 is 42.6. The molecule has 0 saturated carbocycles. The van der Waals surface area contributed by atoms with Crippen molar-refractivity contribution in [2.75, 3.05) is 18.1 Å². The summed E-state index contributed by atoms with van der Waals surface area (Å²) in [5, 5.41) is 4.52. The molecular formula is C19H18ClFN2O5S. The topological polar surface area (TPSA) is 95.3 Å². The molecule has 0 radical (unpaired) electrons. The van der Waals surface area contributed by atoms with Crippen LogP contribution in [-0.2, 0) is 19.4 Å². The first-order valence-electron chi connectivity index (χ1n) is 8.75. The SMILES string of the molecule is Cc1nn([C@@H]2CCS(=O)(=O)C2)c(Cl)c1/C=C/C(=O)OCC(=O)c1ccc(F)cc1. The van der Waals surface area contributed by atoms with Crippen molar-refractivity contribution >= 4 is 39.3 Å². The summed E-state index contributed by atoms with van der Waals surface area (Å²) >= 11 is 6.32. The molecule has 1 aromatic carbocycles. The van der Waals surface area contributed by atoms with E-state index in [0.29, 0.717) is 17.7 Å². The van der Waals surface area contributed by atoms with Gasteiger partial charge in [-0.15, -0.1) is 0 Å². The number of aryl methyl sites for hydroxylation is 1. The Balaban J connectivity index is 1.63. The second-order valence-electron chi connectivity index (χ2n) is 6.66. The third-order valence-electron chi connectivity index (χ3n) is 4.52. The lowest BCUT2D eigenvalue weighted by atomic mass is 10.1. The quantitative estimate of drug-likeness (QED) is 0.389. The fourth-order valence-electron chi connectivity index (χ4n) is 2.99. The Kier molecular flexibility index (Phi) is 6.18. The van der Waals surface area contributed by atoms with Gasteiger partial charge < -0.3 is 4.74 Å². The van der Waals surface area contributed by atoms with Gasteiger partial charge in [0.05, 0.1) is 23.2 Å². The lowest BCUT2D eigenvalue weighted by molar-refractivity contribution is -0.136. The first-order chi connectivity index (χ1) is 13.7. The Morgan fingerprint density at radius 1 is 1.34 bits per heavy atom. The van der Waals surface area contributed by atoms with E-state index in [1.807, 2.05) is 0 Å². The van der Waals surface area contributed by atoms with Crippen LogP contribution in [-0.4, -0.2) is 48.1 Å². The lowest BCUT2D eigenvalue weighted by Gasteiger charge is -2.09. The van der Waals surface area contributed by atoms with Gasteiger partial charge >= 0.3 is 5.97 Å². The Morgan fingerprint density at radius 3 is 2.66 bits per heavy atom. The number of hydrogen-bond acceptors (Lipinski definition) is 6. The van der Waals surface area contributed by atoms with E-state index in [4.69, 9.17) is 16.3 Å². The van der Waals surface area contributed by atoms with E-state index in [1.54, 1.807) is 6.92 Å². The average molecular weight is 441 g/mol. The number of rotatable bonds is 6. The minimum atomic E-state index is -3.09. The second-order valence-corrected chi connectivity index (χ2v) is 9.25. The predicted molar refractivity (Wildman–Crippen MR) is 105 cm³/mol. The van der Waals surface area contributed by atoms with Gasteiger partial charge in [0.2, 0.25) is 0 Å². The highest BCUT2D eigenvalue weighted by atomic mass is 35.5. The molecule has 0 amide bonds. The van der Waals surface area contributed by atoms with Gasteiger partial charge in [0.1, 0.15) is 11.0 Å². The molecule has 0 bridgehead atoms. The Morgan fingerprint density at radius 2 is 2.03 bits per heavy atom. The van der Waals surface area contributed by atoms with Crippen molar-refractivity contribution in [3.8, 4) is 0 Å². The van der Waals surface area contributed by atoms with Crippen LogP contribution in [0.4, 0.5) is 4.39 Å². The van der Waals surface area contributed by atoms with E-state index in [9.17, 15) is 22.4 Å². The number of carbonyl (C=O) groups excluding carboxylic acids is 2. The number of hydrogen-bond donors (Lipinski definition) is 0. The van der Waals surface area contributed by atoms with Crippen molar-refractivity contribution in [1.29, 1.82) is 0 Å². The largest absolute Gasteiger partial charge is 0.454 e. The minimum absolute atomic E-state index is 0.0233. The van der Waals surface area contributed by atoms with E-state index in [2.05, 4.69) is 5.10 Å². The van der Waals surface area contributed by atoms with Crippen molar-refractivity contribution in [1.82, 2.24) is 9.78 Å². The molecule has 0 aliphatic carbocycles. The van der Waals surface area contributed by atoms with Crippen LogP contribution >= 0.6 is 11.6 Å². The standard InChI is InChI=1S/C19H18ClFN2O5S/c1-12-16(19(20)23(22-12)15-8-9-29(26,27)11-15)6-7-18(25)28-10-17(24)13-2-4-14(21)5-3-13/h2-7,15H,8-11H2,1H3/b7-6+/t15-/m1/s1. The van der Waals surface area contributed by atoms with Gasteiger partial charge in [-0.25, -0.2) is 22.3 Å². The molecule has 0 unspecified atom stereocenters. The molecule has 1 aliphatic rings. The molecule has 2 aromatic rings. The highest BCUT2D eigenvalue weighted by Gasteiger charge is 2.31. The third-order valence-corrected chi connectivity index (χ3v) is 6.65. The molecule has 7 nitrogen and oxygen atoms in total. The zero-order chi connectivity index (χ0) is 21.2. The smallest absolute Gasteiger partial charge is 0.331 e. The number of aromatic nitrogens is 2. The molecule has 1 saturated heterocycles. The van der Waals surface area contributed by atoms with Crippen molar-refractivity contribution in [3.63, 3.8) is 0 Å². The zero-order valence-electron chi connectivity index (χ0n) is 15.5. The number of halogens is 2. The molecular weight excluding hydrogens is 423 g/mol. The molecule has 1 aromatic heterocycles. The Hall–Kier alpha value is -2.52. The van der Waals surface area contributed by atoms with Crippen molar-refractivity contribution in [2.24, 2.45) is 0 Å². The van der Waals surface area contributed by atoms with Crippen LogP contribution in [0.3, 0.4) is 0 Å². The fraction of sp³-hybridized carbons (Fsp3) is 0.316. The molecule has 1 aliphatic heterocycles. The number of esters is 1. The number of carbonyl (C=O) groups is 2. The molecule has 0 N–H and O–H groups in total. The summed E-state index contributed by atoms with van der Waals surface area (Å²) in [6, 6.07) is 4.57. The number of nitrogens with zero attached hydrogens (tertiary/aromatic N) is 2. The normalized spacial score (nSPS) is 18.2. The van der Waals surface area contributed by atoms with Gasteiger partial charge in [-0.1, -0.05) is 11.6 Å². The van der Waals surface area contributed by atoms with Gasteiger partial charge in [-0.3, -0.25) is 4.79 Å². The maximum absolute atomic E-state index is 12.9. The summed E-state index contributed by atoms with van der Waals surface area (Å²) in [5.41, 5.74) is 1.23. The van der Waals surface area contributed by atoms with E-state index >= 15 is 0 Å². The number of Topliss-reactive ketones (excluding diaryl/α,β-unsaturated/α-hetero) is 1. The maximum Gasteiger partial charge on any atom is 0.331 e. The molecule has 1 atom stereocenters. The number of sulfone groups is 1. The molecule has 154 valence electrons. The summed E-state index contributed by atoms with van der Waals surface area (Å²) in [4.78, 5) is 23.8. The monoisotopic (exact) mass is 440 g/mol. The summed E-state index contributed by atoms with van der Waals surface area (Å²) in [6.07, 6.45) is 2.96. The van der Waals surface area contributed by atoms with Gasteiger partial charge in [0.25, 0.3) is 0 Å². The van der Waals surface area contributed by atoms with Gasteiger partial charge in [-0.05, 0) is 43.7 Å². The Labute approximate surface area is 172 Å². The van der Waals surface area contributed by atoms with E-state index in [0.717, 1.165) is 18.2 Å². The number of ether oxygens (including phenoxy) is 1. The van der Waals surface area contributed by atoms with Gasteiger partial charge in [-0.2, -0.15) is 5.10 Å². The highest BCUT2D eigenvalue weighted by Crippen LogP contribution is 2.30. The van der Waals surface area contributed by atoms with E-state index < -0.39 is 34.0 Å². The van der Waals surface area contributed by atoms with Gasteiger partial charge in [0.15, 0.2) is 22.2 Å². The van der Waals surface area contributed by atoms with Crippen molar-refractivity contribution < 1.29 is 27.1 Å². The first kappa shape index (κ1) is 21.2.